The van der Waals surface area contributed by atoms with Gasteiger partial charge >= 0.3 is 5.97 Å². The van der Waals surface area contributed by atoms with Crippen molar-refractivity contribution < 1.29 is 23.6 Å². The molecule has 0 saturated carbocycles. The normalized spacial score (nSPS) is 10.5. The maximum absolute atomic E-state index is 11.9. The highest BCUT2D eigenvalue weighted by atomic mass is 32.1. The van der Waals surface area contributed by atoms with E-state index in [9.17, 15) is 9.59 Å². The summed E-state index contributed by atoms with van der Waals surface area (Å²) in [5, 5.41) is 8.48. The van der Waals surface area contributed by atoms with Crippen molar-refractivity contribution in [1.29, 1.82) is 0 Å². The lowest BCUT2D eigenvalue weighted by molar-refractivity contribution is -0.148. The van der Waals surface area contributed by atoms with Gasteiger partial charge in [-0.3, -0.25) is 9.59 Å². The number of aromatic nitrogens is 2. The summed E-state index contributed by atoms with van der Waals surface area (Å²) in [7, 11) is 1.56. The van der Waals surface area contributed by atoms with Gasteiger partial charge in [0.05, 0.1) is 18.4 Å². The standard InChI is InChI=1S/C19H19N3O5S/c1-25-14-6-3-2-5-13(14)11-20-16(23)12-26-18(24)9-8-17-21-19(22-27-17)15-7-4-10-28-15/h2-7,10H,8-9,11-12H2,1H3,(H,20,23). The van der Waals surface area contributed by atoms with Crippen LogP contribution < -0.4 is 10.1 Å². The number of para-hydroxylation sites is 1. The van der Waals surface area contributed by atoms with Gasteiger partial charge in [-0.25, -0.2) is 0 Å². The summed E-state index contributed by atoms with van der Waals surface area (Å²) >= 11 is 1.50. The summed E-state index contributed by atoms with van der Waals surface area (Å²) in [5.74, 6) is 0.622. The second-order valence-electron chi connectivity index (χ2n) is 5.74. The highest BCUT2D eigenvalue weighted by Gasteiger charge is 2.13. The van der Waals surface area contributed by atoms with Crippen molar-refractivity contribution in [2.75, 3.05) is 13.7 Å². The lowest BCUT2D eigenvalue weighted by Crippen LogP contribution is -2.28. The predicted molar refractivity (Wildman–Crippen MR) is 102 cm³/mol. The zero-order valence-electron chi connectivity index (χ0n) is 15.2. The molecular formula is C19H19N3O5S. The molecule has 1 amide bonds. The number of hydrogen-bond donors (Lipinski definition) is 1. The van der Waals surface area contributed by atoms with E-state index in [0.29, 0.717) is 17.5 Å². The fourth-order valence-electron chi connectivity index (χ4n) is 2.38. The third kappa shape index (κ3) is 5.40. The smallest absolute Gasteiger partial charge is 0.306 e. The molecule has 0 aliphatic carbocycles. The van der Waals surface area contributed by atoms with Gasteiger partial charge in [0.15, 0.2) is 6.61 Å². The molecule has 0 bridgehead atoms. The van der Waals surface area contributed by atoms with Crippen LogP contribution in [0.25, 0.3) is 10.7 Å². The lowest BCUT2D eigenvalue weighted by atomic mass is 10.2. The average molecular weight is 401 g/mol. The zero-order chi connectivity index (χ0) is 19.8. The molecule has 0 aliphatic rings. The molecule has 0 fully saturated rings. The van der Waals surface area contributed by atoms with Crippen LogP contribution >= 0.6 is 11.3 Å². The highest BCUT2D eigenvalue weighted by molar-refractivity contribution is 7.13. The van der Waals surface area contributed by atoms with Gasteiger partial charge in [-0.05, 0) is 17.5 Å². The number of benzene rings is 1. The van der Waals surface area contributed by atoms with E-state index in [-0.39, 0.29) is 26.0 Å². The Morgan fingerprint density at radius 2 is 2.07 bits per heavy atom. The Hall–Kier alpha value is -3.20. The second-order valence-corrected chi connectivity index (χ2v) is 6.69. The van der Waals surface area contributed by atoms with Gasteiger partial charge in [0.1, 0.15) is 5.75 Å². The number of carbonyl (C=O) groups is 2. The topological polar surface area (TPSA) is 104 Å². The maximum atomic E-state index is 11.9. The molecule has 0 saturated heterocycles. The first-order chi connectivity index (χ1) is 13.7. The number of methoxy groups -OCH3 is 1. The molecule has 1 N–H and O–H groups in total. The number of carbonyl (C=O) groups excluding carboxylic acids is 2. The Kier molecular flexibility index (Phi) is 6.74. The average Bonchev–Trinajstić information content (AvgIpc) is 3.41. The zero-order valence-corrected chi connectivity index (χ0v) is 16.0. The second kappa shape index (κ2) is 9.65. The first-order valence-corrected chi connectivity index (χ1v) is 9.44. The molecule has 3 aromatic rings. The summed E-state index contributed by atoms with van der Waals surface area (Å²) in [4.78, 5) is 28.8. The van der Waals surface area contributed by atoms with Crippen molar-refractivity contribution >= 4 is 23.2 Å². The van der Waals surface area contributed by atoms with Gasteiger partial charge in [-0.15, -0.1) is 11.3 Å². The van der Waals surface area contributed by atoms with E-state index < -0.39 is 11.9 Å². The molecule has 0 spiro atoms. The summed E-state index contributed by atoms with van der Waals surface area (Å²) in [6.45, 7) is -0.0634. The highest BCUT2D eigenvalue weighted by Crippen LogP contribution is 2.21. The molecule has 0 radical (unpaired) electrons. The number of hydrogen-bond acceptors (Lipinski definition) is 8. The van der Waals surface area contributed by atoms with E-state index in [2.05, 4.69) is 15.5 Å². The van der Waals surface area contributed by atoms with Gasteiger partial charge in [0.2, 0.25) is 11.7 Å². The minimum absolute atomic E-state index is 0.0475. The van der Waals surface area contributed by atoms with Gasteiger partial charge < -0.3 is 19.3 Å². The predicted octanol–water partition coefficient (Wildman–Crippen LogP) is 2.60. The summed E-state index contributed by atoms with van der Waals surface area (Å²) in [5.41, 5.74) is 0.836. The quantitative estimate of drug-likeness (QED) is 0.550. The Balaban J connectivity index is 1.37. The van der Waals surface area contributed by atoms with Crippen LogP contribution in [0.4, 0.5) is 0 Å². The molecule has 9 heteroatoms. The molecule has 0 aliphatic heterocycles. The van der Waals surface area contributed by atoms with Crippen LogP contribution in [0.15, 0.2) is 46.3 Å². The van der Waals surface area contributed by atoms with E-state index in [1.54, 1.807) is 7.11 Å². The molecule has 2 heterocycles. The largest absolute Gasteiger partial charge is 0.496 e. The molecular weight excluding hydrogens is 382 g/mol. The van der Waals surface area contributed by atoms with Crippen molar-refractivity contribution in [3.8, 4) is 16.5 Å². The minimum atomic E-state index is -0.511. The first kappa shape index (κ1) is 19.6. The number of esters is 1. The molecule has 3 rings (SSSR count). The van der Waals surface area contributed by atoms with Crippen LogP contribution in [0.3, 0.4) is 0 Å². The molecule has 0 unspecified atom stereocenters. The van der Waals surface area contributed by atoms with Crippen LogP contribution in [0.5, 0.6) is 5.75 Å². The van der Waals surface area contributed by atoms with E-state index in [4.69, 9.17) is 14.0 Å². The lowest BCUT2D eigenvalue weighted by Gasteiger charge is -2.09. The third-order valence-corrected chi connectivity index (χ3v) is 4.65. The van der Waals surface area contributed by atoms with Crippen LogP contribution in [0, 0.1) is 0 Å². The van der Waals surface area contributed by atoms with Crippen molar-refractivity contribution in [1.82, 2.24) is 15.5 Å². The number of thiophene rings is 1. The van der Waals surface area contributed by atoms with E-state index in [1.807, 2.05) is 41.8 Å². The van der Waals surface area contributed by atoms with Crippen molar-refractivity contribution in [2.45, 2.75) is 19.4 Å². The van der Waals surface area contributed by atoms with E-state index >= 15 is 0 Å². The van der Waals surface area contributed by atoms with Crippen LogP contribution in [0.1, 0.15) is 17.9 Å². The monoisotopic (exact) mass is 401 g/mol. The number of ether oxygens (including phenoxy) is 2. The maximum Gasteiger partial charge on any atom is 0.306 e. The number of nitrogens with one attached hydrogen (secondary N) is 1. The van der Waals surface area contributed by atoms with E-state index in [0.717, 1.165) is 10.4 Å². The van der Waals surface area contributed by atoms with Gasteiger partial charge in [0, 0.05) is 18.5 Å². The van der Waals surface area contributed by atoms with Crippen LogP contribution in [0.2, 0.25) is 0 Å². The molecule has 0 atom stereocenters. The minimum Gasteiger partial charge on any atom is -0.496 e. The fraction of sp³-hybridized carbons (Fsp3) is 0.263. The Bertz CT molecular complexity index is 923. The van der Waals surface area contributed by atoms with E-state index in [1.165, 1.54) is 11.3 Å². The Morgan fingerprint density at radius 3 is 2.86 bits per heavy atom. The molecule has 8 nitrogen and oxygen atoms in total. The van der Waals surface area contributed by atoms with Gasteiger partial charge in [0.25, 0.3) is 5.91 Å². The molecule has 28 heavy (non-hydrogen) atoms. The number of rotatable bonds is 9. The van der Waals surface area contributed by atoms with Gasteiger partial charge in [-0.2, -0.15) is 4.98 Å². The third-order valence-electron chi connectivity index (χ3n) is 3.79. The first-order valence-electron chi connectivity index (χ1n) is 8.56. The number of aryl methyl sites for hydroxylation is 1. The number of amides is 1. The number of nitrogens with zero attached hydrogens (tertiary/aromatic N) is 2. The van der Waals surface area contributed by atoms with Crippen LogP contribution in [-0.4, -0.2) is 35.7 Å². The summed E-state index contributed by atoms with van der Waals surface area (Å²) < 4.78 is 15.3. The Labute approximate surface area is 165 Å². The summed E-state index contributed by atoms with van der Waals surface area (Å²) in [6, 6.07) is 11.1. The molecule has 146 valence electrons. The van der Waals surface area contributed by atoms with Crippen molar-refractivity contribution in [3.05, 3.63) is 53.2 Å². The van der Waals surface area contributed by atoms with Gasteiger partial charge in [-0.1, -0.05) is 29.4 Å². The Morgan fingerprint density at radius 1 is 1.21 bits per heavy atom. The SMILES string of the molecule is COc1ccccc1CNC(=O)COC(=O)CCc1nc(-c2cccs2)no1. The molecule has 1 aromatic carbocycles. The fourth-order valence-corrected chi connectivity index (χ4v) is 3.03. The van der Waals surface area contributed by atoms with Crippen LogP contribution in [-0.2, 0) is 27.3 Å². The molecule has 2 aromatic heterocycles. The van der Waals surface area contributed by atoms with Crippen molar-refractivity contribution in [3.63, 3.8) is 0 Å². The summed E-state index contributed by atoms with van der Waals surface area (Å²) in [6.07, 6.45) is 0.298. The van der Waals surface area contributed by atoms with Crippen molar-refractivity contribution in [2.24, 2.45) is 0 Å².